The fraction of sp³-hybridized carbons (Fsp3) is 0.571. The van der Waals surface area contributed by atoms with Gasteiger partial charge in [0.2, 0.25) is 0 Å². The standard InChI is InChI=1S/C14H18OS3/c1-2-4-12(7-17-9-14-10-18-14)11(3-1)6-16-8-13-5-15-13/h1-4,13-14H,5-10H2. The van der Waals surface area contributed by atoms with Crippen LogP contribution in [0.1, 0.15) is 11.1 Å². The van der Waals surface area contributed by atoms with Crippen LogP contribution in [0.15, 0.2) is 24.3 Å². The number of benzene rings is 1. The van der Waals surface area contributed by atoms with Crippen LogP contribution in [-0.4, -0.2) is 35.2 Å². The molecule has 2 aliphatic rings. The molecular weight excluding hydrogens is 280 g/mol. The summed E-state index contributed by atoms with van der Waals surface area (Å²) in [7, 11) is 0. The van der Waals surface area contributed by atoms with Gasteiger partial charge in [-0.05, 0) is 11.1 Å². The van der Waals surface area contributed by atoms with Crippen molar-refractivity contribution >= 4 is 35.3 Å². The number of ether oxygens (including phenoxy) is 1. The van der Waals surface area contributed by atoms with Gasteiger partial charge in [0.1, 0.15) is 0 Å². The van der Waals surface area contributed by atoms with Gasteiger partial charge < -0.3 is 4.74 Å². The summed E-state index contributed by atoms with van der Waals surface area (Å²) in [5.41, 5.74) is 3.04. The molecule has 2 atom stereocenters. The van der Waals surface area contributed by atoms with Crippen LogP contribution in [-0.2, 0) is 16.2 Å². The molecule has 98 valence electrons. The van der Waals surface area contributed by atoms with Crippen LogP contribution in [0.2, 0.25) is 0 Å². The predicted molar refractivity (Wildman–Crippen MR) is 84.8 cm³/mol. The maximum atomic E-state index is 5.25. The molecule has 0 aromatic heterocycles. The Morgan fingerprint density at radius 3 is 2.28 bits per heavy atom. The molecule has 0 amide bonds. The maximum Gasteiger partial charge on any atom is 0.0900 e. The molecule has 0 radical (unpaired) electrons. The van der Waals surface area contributed by atoms with E-state index in [9.17, 15) is 0 Å². The molecule has 3 rings (SSSR count). The van der Waals surface area contributed by atoms with Crippen LogP contribution in [0.4, 0.5) is 0 Å². The average Bonchev–Trinajstić information content (AvgIpc) is 3.25. The first kappa shape index (κ1) is 13.2. The van der Waals surface area contributed by atoms with E-state index in [0.717, 1.165) is 23.4 Å². The SMILES string of the molecule is c1ccc(CSCC2CS2)c(CSCC2CO2)c1. The van der Waals surface area contributed by atoms with Crippen molar-refractivity contribution in [2.24, 2.45) is 0 Å². The lowest BCUT2D eigenvalue weighted by Gasteiger charge is -2.08. The summed E-state index contributed by atoms with van der Waals surface area (Å²) in [5, 5.41) is 0.948. The Labute approximate surface area is 122 Å². The Balaban J connectivity index is 1.46. The molecule has 2 saturated heterocycles. The van der Waals surface area contributed by atoms with Crippen LogP contribution in [0, 0.1) is 0 Å². The van der Waals surface area contributed by atoms with Gasteiger partial charge in [0.25, 0.3) is 0 Å². The maximum absolute atomic E-state index is 5.25. The Morgan fingerprint density at radius 1 is 1.11 bits per heavy atom. The molecule has 2 fully saturated rings. The van der Waals surface area contributed by atoms with E-state index in [1.165, 1.54) is 28.4 Å². The lowest BCUT2D eigenvalue weighted by Crippen LogP contribution is -1.95. The summed E-state index contributed by atoms with van der Waals surface area (Å²) >= 11 is 6.19. The van der Waals surface area contributed by atoms with Crippen molar-refractivity contribution in [1.29, 1.82) is 0 Å². The third kappa shape index (κ3) is 4.41. The van der Waals surface area contributed by atoms with E-state index in [-0.39, 0.29) is 0 Å². The van der Waals surface area contributed by atoms with E-state index in [0.29, 0.717) is 6.10 Å². The van der Waals surface area contributed by atoms with E-state index < -0.39 is 0 Å². The molecule has 0 N–H and O–H groups in total. The van der Waals surface area contributed by atoms with Gasteiger partial charge in [-0.3, -0.25) is 0 Å². The summed E-state index contributed by atoms with van der Waals surface area (Å²) in [5.74, 6) is 6.16. The van der Waals surface area contributed by atoms with Gasteiger partial charge in [-0.2, -0.15) is 35.3 Å². The number of thioether (sulfide) groups is 3. The van der Waals surface area contributed by atoms with Crippen molar-refractivity contribution in [3.05, 3.63) is 35.4 Å². The lowest BCUT2D eigenvalue weighted by atomic mass is 10.1. The third-order valence-corrected chi connectivity index (χ3v) is 6.50. The molecule has 1 aromatic rings. The minimum atomic E-state index is 0.545. The summed E-state index contributed by atoms with van der Waals surface area (Å²) in [6.45, 7) is 0.976. The Kier molecular flexibility index (Phi) is 4.85. The molecule has 2 heterocycles. The largest absolute Gasteiger partial charge is 0.372 e. The predicted octanol–water partition coefficient (Wildman–Crippen LogP) is 3.67. The zero-order chi connectivity index (χ0) is 12.2. The highest BCUT2D eigenvalue weighted by atomic mass is 32.2. The zero-order valence-electron chi connectivity index (χ0n) is 10.3. The van der Waals surface area contributed by atoms with Crippen LogP contribution >= 0.6 is 35.3 Å². The summed E-state index contributed by atoms with van der Waals surface area (Å²) in [4.78, 5) is 0. The first-order chi connectivity index (χ1) is 8.92. The Bertz CT molecular complexity index is 351. The molecular formula is C14H18OS3. The van der Waals surface area contributed by atoms with Gasteiger partial charge in [-0.1, -0.05) is 24.3 Å². The highest BCUT2D eigenvalue weighted by Gasteiger charge is 2.22. The average molecular weight is 298 g/mol. The molecule has 0 aliphatic carbocycles. The van der Waals surface area contributed by atoms with Gasteiger partial charge >= 0.3 is 0 Å². The van der Waals surface area contributed by atoms with Gasteiger partial charge in [-0.15, -0.1) is 0 Å². The fourth-order valence-electron chi connectivity index (χ4n) is 1.77. The smallest absolute Gasteiger partial charge is 0.0900 e. The number of hydrogen-bond donors (Lipinski definition) is 0. The molecule has 0 saturated carbocycles. The van der Waals surface area contributed by atoms with Crippen LogP contribution in [0.5, 0.6) is 0 Å². The molecule has 4 heteroatoms. The molecule has 2 unspecified atom stereocenters. The van der Waals surface area contributed by atoms with Gasteiger partial charge in [-0.25, -0.2) is 0 Å². The van der Waals surface area contributed by atoms with Crippen LogP contribution < -0.4 is 0 Å². The first-order valence-corrected chi connectivity index (χ1v) is 9.73. The molecule has 18 heavy (non-hydrogen) atoms. The van der Waals surface area contributed by atoms with E-state index >= 15 is 0 Å². The molecule has 1 aromatic carbocycles. The normalized spacial score (nSPS) is 25.1. The summed E-state index contributed by atoms with van der Waals surface area (Å²) in [6.07, 6.45) is 0.545. The summed E-state index contributed by atoms with van der Waals surface area (Å²) in [6, 6.07) is 8.90. The number of hydrogen-bond acceptors (Lipinski definition) is 4. The fourth-order valence-corrected chi connectivity index (χ4v) is 4.92. The Morgan fingerprint density at radius 2 is 1.72 bits per heavy atom. The van der Waals surface area contributed by atoms with E-state index in [2.05, 4.69) is 47.8 Å². The molecule has 1 nitrogen and oxygen atoms in total. The van der Waals surface area contributed by atoms with E-state index in [1.54, 1.807) is 0 Å². The molecule has 0 bridgehead atoms. The highest BCUT2D eigenvalue weighted by molar-refractivity contribution is 8.08. The van der Waals surface area contributed by atoms with Crippen molar-refractivity contribution in [3.63, 3.8) is 0 Å². The third-order valence-electron chi connectivity index (χ3n) is 3.05. The van der Waals surface area contributed by atoms with Gasteiger partial charge in [0, 0.05) is 34.0 Å². The van der Waals surface area contributed by atoms with Gasteiger partial charge in [0.15, 0.2) is 0 Å². The van der Waals surface area contributed by atoms with Crippen molar-refractivity contribution in [1.82, 2.24) is 0 Å². The minimum Gasteiger partial charge on any atom is -0.372 e. The second-order valence-electron chi connectivity index (χ2n) is 4.71. The van der Waals surface area contributed by atoms with Crippen molar-refractivity contribution < 1.29 is 4.74 Å². The van der Waals surface area contributed by atoms with Crippen molar-refractivity contribution in [2.75, 3.05) is 23.9 Å². The lowest BCUT2D eigenvalue weighted by molar-refractivity contribution is 0.426. The van der Waals surface area contributed by atoms with Gasteiger partial charge in [0.05, 0.1) is 12.7 Å². The van der Waals surface area contributed by atoms with E-state index in [4.69, 9.17) is 4.74 Å². The Hall–Kier alpha value is 0.230. The summed E-state index contributed by atoms with van der Waals surface area (Å²) < 4.78 is 5.25. The number of rotatable bonds is 8. The van der Waals surface area contributed by atoms with Crippen molar-refractivity contribution in [3.8, 4) is 0 Å². The monoisotopic (exact) mass is 298 g/mol. The quantitative estimate of drug-likeness (QED) is 0.679. The van der Waals surface area contributed by atoms with Crippen LogP contribution in [0.25, 0.3) is 0 Å². The minimum absolute atomic E-state index is 0.545. The van der Waals surface area contributed by atoms with Crippen molar-refractivity contribution in [2.45, 2.75) is 22.9 Å². The first-order valence-electron chi connectivity index (χ1n) is 6.37. The number of epoxide rings is 1. The molecule has 0 spiro atoms. The molecule has 2 aliphatic heterocycles. The van der Waals surface area contributed by atoms with E-state index in [1.807, 2.05) is 11.8 Å². The zero-order valence-corrected chi connectivity index (χ0v) is 12.8. The second-order valence-corrected chi connectivity index (χ2v) is 8.10. The highest BCUT2D eigenvalue weighted by Crippen LogP contribution is 2.34. The topological polar surface area (TPSA) is 12.5 Å². The second kappa shape index (κ2) is 6.60. The van der Waals surface area contributed by atoms with Crippen LogP contribution in [0.3, 0.4) is 0 Å².